The number of nitrogens with one attached hydrogen (secondary N) is 3. The molecule has 0 radical (unpaired) electrons. The van der Waals surface area contributed by atoms with Gasteiger partial charge < -0.3 is 15.4 Å². The second-order valence-corrected chi connectivity index (χ2v) is 7.39. The van der Waals surface area contributed by atoms with Gasteiger partial charge >= 0.3 is 0 Å². The van der Waals surface area contributed by atoms with Gasteiger partial charge in [0.2, 0.25) is 15.9 Å². The minimum atomic E-state index is -3.49. The van der Waals surface area contributed by atoms with Crippen LogP contribution < -0.4 is 15.4 Å². The second-order valence-electron chi connectivity index (χ2n) is 5.50. The Balaban J connectivity index is 0.00000288. The lowest BCUT2D eigenvalue weighted by Crippen LogP contribution is -2.44. The molecule has 0 aromatic heterocycles. The predicted molar refractivity (Wildman–Crippen MR) is 93.7 cm³/mol. The van der Waals surface area contributed by atoms with Crippen molar-refractivity contribution in [1.29, 1.82) is 0 Å². The van der Waals surface area contributed by atoms with Gasteiger partial charge in [-0.3, -0.25) is 4.79 Å². The van der Waals surface area contributed by atoms with E-state index in [-0.39, 0.29) is 35.3 Å². The molecule has 24 heavy (non-hydrogen) atoms. The lowest BCUT2D eigenvalue weighted by molar-refractivity contribution is -0.122. The number of hydrogen-bond donors (Lipinski definition) is 3. The summed E-state index contributed by atoms with van der Waals surface area (Å²) in [6.07, 6.45) is 0.332. The Kier molecular flexibility index (Phi) is 8.11. The lowest BCUT2D eigenvalue weighted by Gasteiger charge is -2.24. The van der Waals surface area contributed by atoms with Crippen LogP contribution >= 0.6 is 12.4 Å². The van der Waals surface area contributed by atoms with Crippen molar-refractivity contribution in [2.45, 2.75) is 30.3 Å². The Bertz CT molecular complexity index is 648. The molecule has 0 saturated carbocycles. The van der Waals surface area contributed by atoms with Crippen molar-refractivity contribution in [2.24, 2.45) is 0 Å². The van der Waals surface area contributed by atoms with Gasteiger partial charge in [0.1, 0.15) is 0 Å². The fourth-order valence-corrected chi connectivity index (χ4v) is 3.21. The molecule has 1 aromatic rings. The Morgan fingerprint density at radius 1 is 1.46 bits per heavy atom. The van der Waals surface area contributed by atoms with Crippen molar-refractivity contribution in [3.05, 3.63) is 29.8 Å². The van der Waals surface area contributed by atoms with Crippen molar-refractivity contribution >= 4 is 28.3 Å². The molecule has 1 aliphatic heterocycles. The molecule has 1 aromatic carbocycles. The van der Waals surface area contributed by atoms with E-state index in [9.17, 15) is 13.2 Å². The molecule has 0 aliphatic carbocycles. The number of ether oxygens (including phenoxy) is 1. The van der Waals surface area contributed by atoms with Gasteiger partial charge in [-0.05, 0) is 31.7 Å². The van der Waals surface area contributed by atoms with E-state index in [4.69, 9.17) is 4.74 Å². The third kappa shape index (κ3) is 5.71. The SMILES string of the molecule is CNS(=O)(=O)c1cccc(C(C)NC(=O)CC2COCCN2)c1.Cl. The molecule has 2 atom stereocenters. The highest BCUT2D eigenvalue weighted by Crippen LogP contribution is 2.17. The summed E-state index contributed by atoms with van der Waals surface area (Å²) in [5.74, 6) is -0.0950. The summed E-state index contributed by atoms with van der Waals surface area (Å²) >= 11 is 0. The quantitative estimate of drug-likeness (QED) is 0.673. The molecule has 2 unspecified atom stereocenters. The first-order chi connectivity index (χ1) is 10.9. The van der Waals surface area contributed by atoms with E-state index in [0.29, 0.717) is 19.6 Å². The molecule has 2 rings (SSSR count). The molecule has 1 saturated heterocycles. The van der Waals surface area contributed by atoms with E-state index < -0.39 is 10.0 Å². The molecule has 1 heterocycles. The highest BCUT2D eigenvalue weighted by Gasteiger charge is 2.19. The highest BCUT2D eigenvalue weighted by molar-refractivity contribution is 7.89. The Hall–Kier alpha value is -1.19. The highest BCUT2D eigenvalue weighted by atomic mass is 35.5. The number of benzene rings is 1. The first-order valence-electron chi connectivity index (χ1n) is 7.56. The van der Waals surface area contributed by atoms with E-state index in [1.807, 2.05) is 6.92 Å². The summed E-state index contributed by atoms with van der Waals surface area (Å²) in [5.41, 5.74) is 0.738. The maximum atomic E-state index is 12.1. The van der Waals surface area contributed by atoms with Gasteiger partial charge in [-0.2, -0.15) is 0 Å². The maximum absolute atomic E-state index is 12.1. The van der Waals surface area contributed by atoms with Crippen molar-refractivity contribution in [3.63, 3.8) is 0 Å². The van der Waals surface area contributed by atoms with Crippen LogP contribution in [-0.2, 0) is 19.6 Å². The van der Waals surface area contributed by atoms with Crippen LogP contribution in [-0.4, -0.2) is 47.2 Å². The molecule has 1 aliphatic rings. The lowest BCUT2D eigenvalue weighted by atomic mass is 10.1. The second kappa shape index (κ2) is 9.33. The fraction of sp³-hybridized carbons (Fsp3) is 0.533. The number of sulfonamides is 1. The third-order valence-corrected chi connectivity index (χ3v) is 5.16. The van der Waals surface area contributed by atoms with Gasteiger partial charge in [-0.15, -0.1) is 12.4 Å². The summed E-state index contributed by atoms with van der Waals surface area (Å²) in [6, 6.07) is 6.29. The largest absolute Gasteiger partial charge is 0.378 e. The first kappa shape index (κ1) is 20.9. The number of halogens is 1. The van der Waals surface area contributed by atoms with Crippen LogP contribution in [0.1, 0.15) is 24.9 Å². The average Bonchev–Trinajstić information content (AvgIpc) is 2.55. The summed E-state index contributed by atoms with van der Waals surface area (Å²) < 4.78 is 31.3. The maximum Gasteiger partial charge on any atom is 0.240 e. The number of rotatable bonds is 6. The Labute approximate surface area is 149 Å². The number of amides is 1. The van der Waals surface area contributed by atoms with Crippen LogP contribution in [0.15, 0.2) is 29.2 Å². The number of morpholine rings is 1. The minimum Gasteiger partial charge on any atom is -0.378 e. The van der Waals surface area contributed by atoms with Gasteiger partial charge in [-0.25, -0.2) is 13.1 Å². The van der Waals surface area contributed by atoms with Crippen LogP contribution in [0.2, 0.25) is 0 Å². The van der Waals surface area contributed by atoms with Crippen LogP contribution in [0.4, 0.5) is 0 Å². The zero-order chi connectivity index (χ0) is 16.9. The average molecular weight is 378 g/mol. The molecule has 3 N–H and O–H groups in total. The summed E-state index contributed by atoms with van der Waals surface area (Å²) in [4.78, 5) is 12.3. The summed E-state index contributed by atoms with van der Waals surface area (Å²) in [5, 5.41) is 6.12. The topological polar surface area (TPSA) is 96.5 Å². The standard InChI is InChI=1S/C15H23N3O4S.ClH/c1-11(18-15(19)9-13-10-22-7-6-17-13)12-4-3-5-14(8-12)23(20,21)16-2;/h3-5,8,11,13,16-17H,6-7,9-10H2,1-2H3,(H,18,19);1H. The van der Waals surface area contributed by atoms with E-state index in [1.54, 1.807) is 18.2 Å². The van der Waals surface area contributed by atoms with Crippen LogP contribution in [0.25, 0.3) is 0 Å². The van der Waals surface area contributed by atoms with E-state index in [2.05, 4.69) is 15.4 Å². The first-order valence-corrected chi connectivity index (χ1v) is 9.04. The number of carbonyl (C=O) groups excluding carboxylic acids is 1. The molecule has 7 nitrogen and oxygen atoms in total. The molecule has 0 spiro atoms. The van der Waals surface area contributed by atoms with Crippen molar-refractivity contribution < 1.29 is 17.9 Å². The molecule has 0 bridgehead atoms. The molecular weight excluding hydrogens is 354 g/mol. The Morgan fingerprint density at radius 2 is 2.21 bits per heavy atom. The molecule has 1 fully saturated rings. The minimum absolute atomic E-state index is 0. The van der Waals surface area contributed by atoms with E-state index in [1.165, 1.54) is 13.1 Å². The molecule has 136 valence electrons. The molecular formula is C15H24ClN3O4S. The van der Waals surface area contributed by atoms with Crippen molar-refractivity contribution in [1.82, 2.24) is 15.4 Å². The van der Waals surface area contributed by atoms with Crippen LogP contribution in [0, 0.1) is 0 Å². The summed E-state index contributed by atoms with van der Waals surface area (Å²) in [7, 11) is -2.13. The molecule has 9 heteroatoms. The smallest absolute Gasteiger partial charge is 0.240 e. The normalized spacial score (nSPS) is 19.2. The number of hydrogen-bond acceptors (Lipinski definition) is 5. The predicted octanol–water partition coefficient (Wildman–Crippen LogP) is 0.572. The zero-order valence-corrected chi connectivity index (χ0v) is 15.4. The van der Waals surface area contributed by atoms with Gasteiger partial charge in [0.25, 0.3) is 0 Å². The van der Waals surface area contributed by atoms with Crippen LogP contribution in [0.3, 0.4) is 0 Å². The van der Waals surface area contributed by atoms with Gasteiger partial charge in [0, 0.05) is 19.0 Å². The zero-order valence-electron chi connectivity index (χ0n) is 13.7. The van der Waals surface area contributed by atoms with Gasteiger partial charge in [-0.1, -0.05) is 12.1 Å². The monoisotopic (exact) mass is 377 g/mol. The molecule has 1 amide bonds. The van der Waals surface area contributed by atoms with Crippen molar-refractivity contribution in [3.8, 4) is 0 Å². The van der Waals surface area contributed by atoms with Crippen LogP contribution in [0.5, 0.6) is 0 Å². The Morgan fingerprint density at radius 3 is 2.83 bits per heavy atom. The van der Waals surface area contributed by atoms with E-state index >= 15 is 0 Å². The third-order valence-electron chi connectivity index (χ3n) is 3.74. The number of carbonyl (C=O) groups is 1. The van der Waals surface area contributed by atoms with Gasteiger partial charge in [0.05, 0.1) is 24.2 Å². The fourth-order valence-electron chi connectivity index (χ4n) is 2.43. The summed E-state index contributed by atoms with van der Waals surface area (Å²) in [6.45, 7) is 3.77. The van der Waals surface area contributed by atoms with Gasteiger partial charge in [0.15, 0.2) is 0 Å². The van der Waals surface area contributed by atoms with E-state index in [0.717, 1.165) is 12.1 Å². The van der Waals surface area contributed by atoms with Crippen molar-refractivity contribution in [2.75, 3.05) is 26.8 Å².